The number of aryl methyl sites for hydroxylation is 1. The molecular formula is C24H25N7O. The summed E-state index contributed by atoms with van der Waals surface area (Å²) in [5.74, 6) is -0.493. The van der Waals surface area contributed by atoms with E-state index in [4.69, 9.17) is 5.73 Å². The zero-order valence-electron chi connectivity index (χ0n) is 17.7. The molecule has 0 saturated heterocycles. The average Bonchev–Trinajstić information content (AvgIpc) is 2.96. The molecule has 0 fully saturated rings. The van der Waals surface area contributed by atoms with Gasteiger partial charge in [-0.05, 0) is 36.8 Å². The Bertz CT molecular complexity index is 1260. The van der Waals surface area contributed by atoms with E-state index in [2.05, 4.69) is 38.1 Å². The number of benzene rings is 1. The predicted molar refractivity (Wildman–Crippen MR) is 124 cm³/mol. The van der Waals surface area contributed by atoms with E-state index in [0.717, 1.165) is 22.7 Å². The van der Waals surface area contributed by atoms with Gasteiger partial charge in [0, 0.05) is 30.2 Å². The number of nitrogens with one attached hydrogen (secondary N) is 3. The number of hydrogen-bond donors (Lipinski definition) is 4. The molecule has 1 amide bonds. The summed E-state index contributed by atoms with van der Waals surface area (Å²) < 4.78 is 1.93. The zero-order chi connectivity index (χ0) is 22.1. The van der Waals surface area contributed by atoms with Crippen LogP contribution in [0, 0.1) is 6.92 Å². The molecular weight excluding hydrogens is 402 g/mol. The Morgan fingerprint density at radius 3 is 2.91 bits per heavy atom. The fraction of sp³-hybridized carbons (Fsp3) is 0.208. The fourth-order valence-electron chi connectivity index (χ4n) is 4.28. The lowest BCUT2D eigenvalue weighted by Gasteiger charge is -2.36. The minimum Gasteiger partial charge on any atom is -0.365 e. The second-order valence-corrected chi connectivity index (χ2v) is 7.89. The van der Waals surface area contributed by atoms with Gasteiger partial charge in [0.25, 0.3) is 5.91 Å². The van der Waals surface area contributed by atoms with E-state index in [1.54, 1.807) is 6.07 Å². The number of nitrogens with zero attached hydrogens (tertiary/aromatic N) is 3. The van der Waals surface area contributed by atoms with Gasteiger partial charge in [-0.25, -0.2) is 4.98 Å². The second kappa shape index (κ2) is 8.41. The molecule has 162 valence electrons. The molecule has 32 heavy (non-hydrogen) atoms. The molecule has 0 aliphatic carbocycles. The number of carbonyl (C=O) groups is 1. The van der Waals surface area contributed by atoms with Gasteiger partial charge < -0.3 is 11.1 Å². The number of aromatic nitrogens is 2. The Morgan fingerprint density at radius 1 is 1.25 bits per heavy atom. The maximum Gasteiger partial charge on any atom is 0.252 e. The van der Waals surface area contributed by atoms with Crippen LogP contribution in [0.2, 0.25) is 0 Å². The SMILES string of the molecule is Cc1nc2c(C(N)=O)cccn2c1C1NC2=C(CN=CC=C2)C(NCc2ccccc2)N1. The van der Waals surface area contributed by atoms with Gasteiger partial charge in [0.1, 0.15) is 11.8 Å². The molecule has 5 N–H and O–H groups in total. The summed E-state index contributed by atoms with van der Waals surface area (Å²) in [5, 5.41) is 10.9. The monoisotopic (exact) mass is 427 g/mol. The van der Waals surface area contributed by atoms with Gasteiger partial charge in [-0.1, -0.05) is 30.3 Å². The van der Waals surface area contributed by atoms with E-state index in [0.29, 0.717) is 24.3 Å². The van der Waals surface area contributed by atoms with Crippen LogP contribution in [0.15, 0.2) is 77.1 Å². The minimum atomic E-state index is -0.493. The van der Waals surface area contributed by atoms with Crippen LogP contribution < -0.4 is 21.7 Å². The van der Waals surface area contributed by atoms with Gasteiger partial charge >= 0.3 is 0 Å². The second-order valence-electron chi connectivity index (χ2n) is 7.89. The van der Waals surface area contributed by atoms with Crippen LogP contribution >= 0.6 is 0 Å². The molecule has 0 radical (unpaired) electrons. The smallest absolute Gasteiger partial charge is 0.252 e. The van der Waals surface area contributed by atoms with Crippen molar-refractivity contribution in [3.05, 3.63) is 94.6 Å². The lowest BCUT2D eigenvalue weighted by molar-refractivity contribution is 0.100. The molecule has 2 aliphatic heterocycles. The van der Waals surface area contributed by atoms with E-state index < -0.39 is 5.91 Å². The summed E-state index contributed by atoms with van der Waals surface area (Å²) >= 11 is 0. The highest BCUT2D eigenvalue weighted by atomic mass is 16.1. The zero-order valence-corrected chi connectivity index (χ0v) is 17.7. The Labute approximate surface area is 185 Å². The van der Waals surface area contributed by atoms with Crippen LogP contribution in [0.4, 0.5) is 0 Å². The molecule has 3 aromatic rings. The van der Waals surface area contributed by atoms with Crippen molar-refractivity contribution in [1.29, 1.82) is 0 Å². The summed E-state index contributed by atoms with van der Waals surface area (Å²) in [5.41, 5.74) is 11.7. The highest BCUT2D eigenvalue weighted by Crippen LogP contribution is 2.27. The number of primary amides is 1. The molecule has 2 aromatic heterocycles. The number of carbonyl (C=O) groups excluding carboxylic acids is 1. The van der Waals surface area contributed by atoms with Crippen LogP contribution in [0.25, 0.3) is 5.65 Å². The first-order valence-electron chi connectivity index (χ1n) is 10.6. The molecule has 4 heterocycles. The van der Waals surface area contributed by atoms with E-state index in [1.807, 2.05) is 60.2 Å². The van der Waals surface area contributed by atoms with E-state index in [9.17, 15) is 4.79 Å². The number of hydrogen-bond acceptors (Lipinski definition) is 6. The number of fused-ring (bicyclic) bond motifs is 1. The Hall–Kier alpha value is -3.75. The molecule has 2 atom stereocenters. The Morgan fingerprint density at radius 2 is 2.09 bits per heavy atom. The first kappa shape index (κ1) is 20.2. The number of aliphatic imine (C=N–C) groups is 1. The van der Waals surface area contributed by atoms with Gasteiger partial charge in [-0.15, -0.1) is 0 Å². The summed E-state index contributed by atoms with van der Waals surface area (Å²) in [6.07, 6.45) is 7.39. The van der Waals surface area contributed by atoms with E-state index in [1.165, 1.54) is 5.56 Å². The number of amides is 1. The third-order valence-corrected chi connectivity index (χ3v) is 5.81. The van der Waals surface area contributed by atoms with E-state index in [-0.39, 0.29) is 12.3 Å². The lowest BCUT2D eigenvalue weighted by atomic mass is 10.0. The predicted octanol–water partition coefficient (Wildman–Crippen LogP) is 1.94. The number of imidazole rings is 1. The Balaban J connectivity index is 1.52. The first-order valence-corrected chi connectivity index (χ1v) is 10.6. The van der Waals surface area contributed by atoms with Crippen LogP contribution in [0.3, 0.4) is 0 Å². The van der Waals surface area contributed by atoms with Crippen LogP contribution in [0.5, 0.6) is 0 Å². The quantitative estimate of drug-likeness (QED) is 0.498. The summed E-state index contributed by atoms with van der Waals surface area (Å²) in [6.45, 7) is 3.26. The maximum absolute atomic E-state index is 11.9. The van der Waals surface area contributed by atoms with Crippen molar-refractivity contribution in [2.75, 3.05) is 6.54 Å². The van der Waals surface area contributed by atoms with Crippen molar-refractivity contribution in [2.24, 2.45) is 10.7 Å². The summed E-state index contributed by atoms with van der Waals surface area (Å²) in [7, 11) is 0. The van der Waals surface area contributed by atoms with Crippen LogP contribution in [0.1, 0.15) is 33.5 Å². The summed E-state index contributed by atoms with van der Waals surface area (Å²) in [4.78, 5) is 21.0. The molecule has 2 unspecified atom stereocenters. The standard InChI is InChI=1S/C24H25N7O/c1-15-20(31-12-6-9-17(21(25)32)24(31)28-15)23-29-19-10-5-11-26-14-18(19)22(30-23)27-13-16-7-3-2-4-8-16/h2-12,22-23,27,29-30H,13-14H2,1H3,(H2,25,32). The fourth-order valence-corrected chi connectivity index (χ4v) is 4.28. The van der Waals surface area contributed by atoms with E-state index >= 15 is 0 Å². The molecule has 2 aliphatic rings. The van der Waals surface area contributed by atoms with Crippen LogP contribution in [-0.4, -0.2) is 34.2 Å². The molecule has 5 rings (SSSR count). The Kier molecular flexibility index (Phi) is 5.30. The molecule has 8 heteroatoms. The van der Waals surface area contributed by atoms with Gasteiger partial charge in [0.15, 0.2) is 0 Å². The van der Waals surface area contributed by atoms with Gasteiger partial charge in [-0.2, -0.15) is 0 Å². The average molecular weight is 428 g/mol. The molecule has 1 aromatic carbocycles. The molecule has 0 saturated carbocycles. The van der Waals surface area contributed by atoms with Gasteiger partial charge in [-0.3, -0.25) is 24.8 Å². The lowest BCUT2D eigenvalue weighted by Crippen LogP contribution is -2.54. The number of nitrogens with two attached hydrogens (primary N) is 1. The van der Waals surface area contributed by atoms with Crippen molar-refractivity contribution in [3.8, 4) is 0 Å². The maximum atomic E-state index is 11.9. The molecule has 0 spiro atoms. The number of allylic oxidation sites excluding steroid dienone is 2. The van der Waals surface area contributed by atoms with Crippen molar-refractivity contribution in [3.63, 3.8) is 0 Å². The third-order valence-electron chi connectivity index (χ3n) is 5.81. The van der Waals surface area contributed by atoms with Crippen molar-refractivity contribution in [2.45, 2.75) is 25.8 Å². The topological polar surface area (TPSA) is 109 Å². The normalized spacial score (nSPS) is 20.2. The highest BCUT2D eigenvalue weighted by Gasteiger charge is 2.31. The number of pyridine rings is 1. The van der Waals surface area contributed by atoms with Crippen molar-refractivity contribution in [1.82, 2.24) is 25.3 Å². The van der Waals surface area contributed by atoms with Crippen molar-refractivity contribution >= 4 is 17.8 Å². The first-order chi connectivity index (χ1) is 15.6. The van der Waals surface area contributed by atoms with Gasteiger partial charge in [0.2, 0.25) is 0 Å². The van der Waals surface area contributed by atoms with Gasteiger partial charge in [0.05, 0.1) is 29.7 Å². The highest BCUT2D eigenvalue weighted by molar-refractivity contribution is 5.98. The minimum absolute atomic E-state index is 0.0966. The molecule has 0 bridgehead atoms. The third kappa shape index (κ3) is 3.70. The largest absolute Gasteiger partial charge is 0.365 e. The summed E-state index contributed by atoms with van der Waals surface area (Å²) in [6, 6.07) is 13.8. The van der Waals surface area contributed by atoms with Crippen LogP contribution in [-0.2, 0) is 6.54 Å². The molecule has 8 nitrogen and oxygen atoms in total. The van der Waals surface area contributed by atoms with Crippen molar-refractivity contribution < 1.29 is 4.79 Å². The number of rotatable bonds is 5.